The second kappa shape index (κ2) is 8.96. The van der Waals surface area contributed by atoms with E-state index in [1.165, 1.54) is 0 Å². The fourth-order valence-corrected chi connectivity index (χ4v) is 2.96. The van der Waals surface area contributed by atoms with Crippen LogP contribution in [0.2, 0.25) is 0 Å². The third-order valence-electron chi connectivity index (χ3n) is 4.57. The smallest absolute Gasteiger partial charge is 0.229 e. The van der Waals surface area contributed by atoms with Crippen LogP contribution in [0.15, 0.2) is 85.2 Å². The molecule has 4 aromatic rings. The van der Waals surface area contributed by atoms with Gasteiger partial charge in [-0.05, 0) is 48.9 Å². The summed E-state index contributed by atoms with van der Waals surface area (Å²) < 4.78 is 0. The highest BCUT2D eigenvalue weighted by Crippen LogP contribution is 2.23. The Morgan fingerprint density at radius 1 is 0.900 bits per heavy atom. The molecule has 0 radical (unpaired) electrons. The molecule has 0 aliphatic carbocycles. The molecule has 2 heterocycles. The van der Waals surface area contributed by atoms with E-state index in [-0.39, 0.29) is 5.78 Å². The number of Topliss-reactive ketones (excluding diaryl/α,β-unsaturated/α-hetero) is 1. The maximum atomic E-state index is 11.5. The summed E-state index contributed by atoms with van der Waals surface area (Å²) in [6.45, 7) is 2.18. The van der Waals surface area contributed by atoms with Crippen LogP contribution in [0.5, 0.6) is 0 Å². The van der Waals surface area contributed by atoms with E-state index in [1.807, 2.05) is 60.7 Å². The van der Waals surface area contributed by atoms with Crippen LogP contribution < -0.4 is 10.6 Å². The maximum absolute atomic E-state index is 11.5. The zero-order chi connectivity index (χ0) is 20.8. The van der Waals surface area contributed by atoms with Gasteiger partial charge >= 0.3 is 0 Å². The Labute approximate surface area is 175 Å². The maximum Gasteiger partial charge on any atom is 0.229 e. The summed E-state index contributed by atoms with van der Waals surface area (Å²) in [5.41, 5.74) is 4.40. The topological polar surface area (TPSA) is 79.8 Å². The van der Waals surface area contributed by atoms with E-state index >= 15 is 0 Å². The first-order chi connectivity index (χ1) is 14.7. The summed E-state index contributed by atoms with van der Waals surface area (Å²) in [7, 11) is 0. The predicted molar refractivity (Wildman–Crippen MR) is 119 cm³/mol. The zero-order valence-corrected chi connectivity index (χ0v) is 16.5. The fraction of sp³-hybridized carbons (Fsp3) is 0.0833. The normalized spacial score (nSPS) is 10.4. The second-order valence-corrected chi connectivity index (χ2v) is 6.80. The fourth-order valence-electron chi connectivity index (χ4n) is 2.96. The molecule has 2 aromatic carbocycles. The Morgan fingerprint density at radius 3 is 2.33 bits per heavy atom. The van der Waals surface area contributed by atoms with Gasteiger partial charge in [-0.3, -0.25) is 9.78 Å². The minimum Gasteiger partial charge on any atom is -0.366 e. The number of ketones is 1. The number of hydrogen-bond donors (Lipinski definition) is 2. The minimum atomic E-state index is 0.0338. The SMILES string of the molecule is CC(=O)c1ccc(Nc2nc(NCc3ccncc3)cc(-c3ccccc3)n2)cc1. The highest BCUT2D eigenvalue weighted by Gasteiger charge is 2.08. The van der Waals surface area contributed by atoms with Crippen LogP contribution in [0, 0.1) is 0 Å². The summed E-state index contributed by atoms with van der Waals surface area (Å²) in [4.78, 5) is 24.8. The molecule has 0 bridgehead atoms. The first-order valence-corrected chi connectivity index (χ1v) is 9.63. The van der Waals surface area contributed by atoms with E-state index in [1.54, 1.807) is 31.5 Å². The molecule has 0 spiro atoms. The first kappa shape index (κ1) is 19.3. The van der Waals surface area contributed by atoms with Gasteiger partial charge in [-0.2, -0.15) is 4.98 Å². The summed E-state index contributed by atoms with van der Waals surface area (Å²) in [5, 5.41) is 6.59. The van der Waals surface area contributed by atoms with Crippen molar-refractivity contribution in [3.63, 3.8) is 0 Å². The van der Waals surface area contributed by atoms with Gasteiger partial charge in [0.05, 0.1) is 5.69 Å². The largest absolute Gasteiger partial charge is 0.366 e. The standard InChI is InChI=1S/C24H21N5O/c1-17(30)19-7-9-21(10-8-19)27-24-28-22(20-5-3-2-4-6-20)15-23(29-24)26-16-18-11-13-25-14-12-18/h2-15H,16H2,1H3,(H2,26,27,28,29). The van der Waals surface area contributed by atoms with E-state index < -0.39 is 0 Å². The quantitative estimate of drug-likeness (QED) is 0.424. The average Bonchev–Trinajstić information content (AvgIpc) is 2.79. The van der Waals surface area contributed by atoms with Gasteiger partial charge in [0.15, 0.2) is 5.78 Å². The molecule has 6 heteroatoms. The van der Waals surface area contributed by atoms with Gasteiger partial charge in [0.25, 0.3) is 0 Å². The monoisotopic (exact) mass is 395 g/mol. The molecule has 30 heavy (non-hydrogen) atoms. The zero-order valence-electron chi connectivity index (χ0n) is 16.5. The van der Waals surface area contributed by atoms with Crippen LogP contribution in [-0.4, -0.2) is 20.7 Å². The van der Waals surface area contributed by atoms with Crippen molar-refractivity contribution < 1.29 is 4.79 Å². The number of pyridine rings is 1. The molecule has 0 saturated carbocycles. The Hall–Kier alpha value is -4.06. The molecule has 6 nitrogen and oxygen atoms in total. The van der Waals surface area contributed by atoms with Gasteiger partial charge < -0.3 is 10.6 Å². The van der Waals surface area contributed by atoms with Crippen LogP contribution in [0.3, 0.4) is 0 Å². The Balaban J connectivity index is 1.62. The van der Waals surface area contributed by atoms with Crippen molar-refractivity contribution in [3.05, 3.63) is 96.3 Å². The lowest BCUT2D eigenvalue weighted by Gasteiger charge is -2.12. The highest BCUT2D eigenvalue weighted by molar-refractivity contribution is 5.94. The minimum absolute atomic E-state index is 0.0338. The van der Waals surface area contributed by atoms with Crippen molar-refractivity contribution >= 4 is 23.2 Å². The lowest BCUT2D eigenvalue weighted by Crippen LogP contribution is -2.06. The third-order valence-corrected chi connectivity index (χ3v) is 4.57. The average molecular weight is 395 g/mol. The molecular formula is C24H21N5O. The van der Waals surface area contributed by atoms with Gasteiger partial charge in [0.1, 0.15) is 5.82 Å². The Morgan fingerprint density at radius 2 is 1.63 bits per heavy atom. The second-order valence-electron chi connectivity index (χ2n) is 6.80. The Bertz CT molecular complexity index is 1130. The van der Waals surface area contributed by atoms with Crippen LogP contribution >= 0.6 is 0 Å². The molecule has 0 saturated heterocycles. The number of carbonyl (C=O) groups is 1. The molecule has 0 fully saturated rings. The van der Waals surface area contributed by atoms with Crippen molar-refractivity contribution in [2.75, 3.05) is 10.6 Å². The lowest BCUT2D eigenvalue weighted by molar-refractivity contribution is 0.101. The first-order valence-electron chi connectivity index (χ1n) is 9.63. The predicted octanol–water partition coefficient (Wildman–Crippen LogP) is 5.10. The van der Waals surface area contributed by atoms with Crippen LogP contribution in [0.1, 0.15) is 22.8 Å². The van der Waals surface area contributed by atoms with E-state index in [0.29, 0.717) is 23.9 Å². The summed E-state index contributed by atoms with van der Waals surface area (Å²) in [6.07, 6.45) is 3.54. The number of nitrogens with zero attached hydrogens (tertiary/aromatic N) is 3. The van der Waals surface area contributed by atoms with Gasteiger partial charge in [-0.15, -0.1) is 0 Å². The molecule has 2 N–H and O–H groups in total. The van der Waals surface area contributed by atoms with E-state index in [0.717, 1.165) is 22.5 Å². The molecular weight excluding hydrogens is 374 g/mol. The van der Waals surface area contributed by atoms with E-state index in [9.17, 15) is 4.79 Å². The number of nitrogens with one attached hydrogen (secondary N) is 2. The number of carbonyl (C=O) groups excluding carboxylic acids is 1. The van der Waals surface area contributed by atoms with Crippen molar-refractivity contribution in [2.45, 2.75) is 13.5 Å². The van der Waals surface area contributed by atoms with Gasteiger partial charge in [-0.25, -0.2) is 4.98 Å². The molecule has 148 valence electrons. The number of hydrogen-bond acceptors (Lipinski definition) is 6. The van der Waals surface area contributed by atoms with Gasteiger partial charge in [0.2, 0.25) is 5.95 Å². The van der Waals surface area contributed by atoms with Crippen molar-refractivity contribution in [2.24, 2.45) is 0 Å². The third kappa shape index (κ3) is 4.86. The lowest BCUT2D eigenvalue weighted by atomic mass is 10.1. The van der Waals surface area contributed by atoms with Crippen molar-refractivity contribution in [1.82, 2.24) is 15.0 Å². The number of aromatic nitrogens is 3. The van der Waals surface area contributed by atoms with Crippen molar-refractivity contribution in [1.29, 1.82) is 0 Å². The molecule has 0 unspecified atom stereocenters. The molecule has 0 atom stereocenters. The van der Waals surface area contributed by atoms with Crippen LogP contribution in [0.4, 0.5) is 17.5 Å². The molecule has 0 amide bonds. The molecule has 0 aliphatic heterocycles. The molecule has 4 rings (SSSR count). The number of anilines is 3. The van der Waals surface area contributed by atoms with Gasteiger partial charge in [0, 0.05) is 41.8 Å². The number of rotatable bonds is 7. The molecule has 2 aromatic heterocycles. The number of benzene rings is 2. The highest BCUT2D eigenvalue weighted by atomic mass is 16.1. The van der Waals surface area contributed by atoms with Crippen LogP contribution in [-0.2, 0) is 6.54 Å². The summed E-state index contributed by atoms with van der Waals surface area (Å²) >= 11 is 0. The van der Waals surface area contributed by atoms with Crippen molar-refractivity contribution in [3.8, 4) is 11.3 Å². The van der Waals surface area contributed by atoms with E-state index in [4.69, 9.17) is 0 Å². The summed E-state index contributed by atoms with van der Waals surface area (Å²) in [5.74, 6) is 1.22. The molecule has 0 aliphatic rings. The summed E-state index contributed by atoms with van der Waals surface area (Å²) in [6, 6.07) is 23.1. The Kier molecular flexibility index (Phi) is 5.75. The van der Waals surface area contributed by atoms with Gasteiger partial charge in [-0.1, -0.05) is 30.3 Å². The van der Waals surface area contributed by atoms with Crippen LogP contribution in [0.25, 0.3) is 11.3 Å². The van der Waals surface area contributed by atoms with E-state index in [2.05, 4.69) is 25.6 Å².